The van der Waals surface area contributed by atoms with E-state index in [9.17, 15) is 5.11 Å². The van der Waals surface area contributed by atoms with E-state index in [1.54, 1.807) is 18.2 Å². The molecule has 2 aromatic carbocycles. The molecule has 1 aromatic heterocycles. The van der Waals surface area contributed by atoms with E-state index in [0.717, 1.165) is 16.9 Å². The van der Waals surface area contributed by atoms with Crippen LogP contribution in [0.3, 0.4) is 0 Å². The molecule has 0 fully saturated rings. The lowest BCUT2D eigenvalue weighted by Gasteiger charge is -2.14. The van der Waals surface area contributed by atoms with Gasteiger partial charge in [0, 0.05) is 33.4 Å². The summed E-state index contributed by atoms with van der Waals surface area (Å²) in [6, 6.07) is 16.7. The molecule has 0 radical (unpaired) electrons. The third-order valence-corrected chi connectivity index (χ3v) is 4.02. The van der Waals surface area contributed by atoms with Gasteiger partial charge in [-0.1, -0.05) is 53.5 Å². The Balaban J connectivity index is 1.98. The van der Waals surface area contributed by atoms with Crippen molar-refractivity contribution in [3.63, 3.8) is 0 Å². The number of hydrogen-bond donors (Lipinski definition) is 3. The molecule has 134 valence electrons. The fourth-order valence-corrected chi connectivity index (χ4v) is 2.90. The monoisotopic (exact) mass is 388 g/mol. The molecule has 5 nitrogen and oxygen atoms in total. The number of rotatable bonds is 6. The largest absolute Gasteiger partial charge is 0.394 e. The molecule has 0 amide bonds. The Hall–Kier alpha value is -2.34. The second kappa shape index (κ2) is 8.36. The van der Waals surface area contributed by atoms with Crippen LogP contribution in [-0.4, -0.2) is 27.7 Å². The lowest BCUT2D eigenvalue weighted by molar-refractivity contribution is 0.281. The third kappa shape index (κ3) is 4.85. The van der Waals surface area contributed by atoms with E-state index in [2.05, 4.69) is 20.6 Å². The number of aliphatic hydroxyl groups excluding tert-OH is 1. The zero-order valence-electron chi connectivity index (χ0n) is 14.1. The van der Waals surface area contributed by atoms with Crippen LogP contribution in [0.5, 0.6) is 0 Å². The third-order valence-electron chi connectivity index (χ3n) is 3.58. The van der Waals surface area contributed by atoms with Crippen molar-refractivity contribution in [2.24, 2.45) is 0 Å². The summed E-state index contributed by atoms with van der Waals surface area (Å²) in [6.07, 6.45) is 0. The van der Waals surface area contributed by atoms with E-state index in [1.165, 1.54) is 0 Å². The highest BCUT2D eigenvalue weighted by Gasteiger charge is 2.10. The molecule has 0 aliphatic carbocycles. The van der Waals surface area contributed by atoms with Crippen molar-refractivity contribution in [2.75, 3.05) is 17.2 Å². The lowest BCUT2D eigenvalue weighted by atomic mass is 10.1. The average Bonchev–Trinajstić information content (AvgIpc) is 2.61. The minimum atomic E-state index is -0.172. The van der Waals surface area contributed by atoms with Crippen molar-refractivity contribution in [3.05, 3.63) is 64.6 Å². The van der Waals surface area contributed by atoms with E-state index in [0.29, 0.717) is 21.8 Å². The van der Waals surface area contributed by atoms with Gasteiger partial charge in [-0.15, -0.1) is 0 Å². The van der Waals surface area contributed by atoms with Crippen LogP contribution in [0.15, 0.2) is 54.6 Å². The average molecular weight is 389 g/mol. The van der Waals surface area contributed by atoms with Crippen molar-refractivity contribution in [1.82, 2.24) is 9.97 Å². The van der Waals surface area contributed by atoms with Gasteiger partial charge in [-0.2, -0.15) is 4.98 Å². The second-order valence-electron chi connectivity index (χ2n) is 5.84. The predicted molar refractivity (Wildman–Crippen MR) is 107 cm³/mol. The van der Waals surface area contributed by atoms with Gasteiger partial charge < -0.3 is 15.7 Å². The van der Waals surface area contributed by atoms with Crippen LogP contribution in [0.1, 0.15) is 6.92 Å². The maximum atomic E-state index is 9.28. The Morgan fingerprint density at radius 3 is 2.35 bits per heavy atom. The normalized spacial score (nSPS) is 11.8. The van der Waals surface area contributed by atoms with Crippen LogP contribution < -0.4 is 10.6 Å². The fraction of sp³-hybridized carbons (Fsp3) is 0.158. The number of hydrogen-bond acceptors (Lipinski definition) is 5. The van der Waals surface area contributed by atoms with Crippen LogP contribution in [0.25, 0.3) is 11.3 Å². The first-order valence-electron chi connectivity index (χ1n) is 8.08. The first-order chi connectivity index (χ1) is 12.5. The quantitative estimate of drug-likeness (QED) is 0.554. The predicted octanol–water partition coefficient (Wildman–Crippen LogP) is 4.99. The summed E-state index contributed by atoms with van der Waals surface area (Å²) in [4.78, 5) is 9.01. The summed E-state index contributed by atoms with van der Waals surface area (Å²) >= 11 is 12.1. The van der Waals surface area contributed by atoms with Crippen molar-refractivity contribution in [2.45, 2.75) is 13.0 Å². The van der Waals surface area contributed by atoms with E-state index < -0.39 is 0 Å². The molecule has 7 heteroatoms. The van der Waals surface area contributed by atoms with Crippen LogP contribution in [0.4, 0.5) is 17.5 Å². The van der Waals surface area contributed by atoms with Crippen LogP contribution in [-0.2, 0) is 0 Å². The van der Waals surface area contributed by atoms with E-state index in [1.807, 2.05) is 43.3 Å². The molecule has 0 unspecified atom stereocenters. The maximum absolute atomic E-state index is 9.28. The van der Waals surface area contributed by atoms with E-state index in [-0.39, 0.29) is 12.6 Å². The summed E-state index contributed by atoms with van der Waals surface area (Å²) in [5, 5.41) is 16.6. The van der Waals surface area contributed by atoms with Crippen molar-refractivity contribution in [3.8, 4) is 11.3 Å². The number of benzene rings is 2. The van der Waals surface area contributed by atoms with Gasteiger partial charge in [0.1, 0.15) is 5.82 Å². The molecule has 0 aliphatic heterocycles. The molecule has 1 atom stereocenters. The van der Waals surface area contributed by atoms with Gasteiger partial charge in [0.05, 0.1) is 12.3 Å². The Morgan fingerprint density at radius 2 is 1.69 bits per heavy atom. The minimum absolute atomic E-state index is 0.0222. The smallest absolute Gasteiger partial charge is 0.225 e. The molecule has 0 aliphatic rings. The summed E-state index contributed by atoms with van der Waals surface area (Å²) in [5.41, 5.74) is 2.44. The first-order valence-corrected chi connectivity index (χ1v) is 8.84. The Labute approximate surface area is 162 Å². The molecule has 3 rings (SSSR count). The van der Waals surface area contributed by atoms with Gasteiger partial charge in [0.25, 0.3) is 0 Å². The topological polar surface area (TPSA) is 70.1 Å². The highest BCUT2D eigenvalue weighted by Crippen LogP contribution is 2.27. The van der Waals surface area contributed by atoms with E-state index in [4.69, 9.17) is 23.2 Å². The maximum Gasteiger partial charge on any atom is 0.225 e. The van der Waals surface area contributed by atoms with Gasteiger partial charge in [-0.25, -0.2) is 4.98 Å². The fourth-order valence-electron chi connectivity index (χ4n) is 2.37. The van der Waals surface area contributed by atoms with Crippen LogP contribution in [0, 0.1) is 0 Å². The number of aliphatic hydroxyl groups is 1. The highest BCUT2D eigenvalue weighted by molar-refractivity contribution is 6.35. The van der Waals surface area contributed by atoms with Crippen LogP contribution in [0.2, 0.25) is 10.0 Å². The molecular weight excluding hydrogens is 371 g/mol. The van der Waals surface area contributed by atoms with Crippen LogP contribution >= 0.6 is 23.2 Å². The van der Waals surface area contributed by atoms with Gasteiger partial charge in [0.2, 0.25) is 5.95 Å². The number of aromatic nitrogens is 2. The minimum Gasteiger partial charge on any atom is -0.394 e. The molecular formula is C19H18Cl2N4O. The SMILES string of the molecule is C[C@@H](CO)Nc1nc(Nc2cc(Cl)cc(Cl)c2)cc(-c2ccccc2)n1. The zero-order valence-corrected chi connectivity index (χ0v) is 15.6. The molecule has 26 heavy (non-hydrogen) atoms. The Bertz CT molecular complexity index is 870. The number of nitrogens with zero attached hydrogens (tertiary/aromatic N) is 2. The number of nitrogens with one attached hydrogen (secondary N) is 2. The summed E-state index contributed by atoms with van der Waals surface area (Å²) in [6.45, 7) is 1.83. The molecule has 3 N–H and O–H groups in total. The van der Waals surface area contributed by atoms with Gasteiger partial charge in [-0.3, -0.25) is 0 Å². The molecule has 0 bridgehead atoms. The van der Waals surface area contributed by atoms with Gasteiger partial charge >= 0.3 is 0 Å². The van der Waals surface area contributed by atoms with Crippen molar-refractivity contribution < 1.29 is 5.11 Å². The molecule has 1 heterocycles. The zero-order chi connectivity index (χ0) is 18.5. The summed E-state index contributed by atoms with van der Waals surface area (Å²) in [7, 11) is 0. The molecule has 3 aromatic rings. The number of anilines is 3. The number of halogens is 2. The second-order valence-corrected chi connectivity index (χ2v) is 6.71. The molecule has 0 spiro atoms. The molecule has 0 saturated heterocycles. The van der Waals surface area contributed by atoms with Gasteiger partial charge in [0.15, 0.2) is 0 Å². The van der Waals surface area contributed by atoms with Gasteiger partial charge in [-0.05, 0) is 25.1 Å². The Kier molecular flexibility index (Phi) is 5.93. The van der Waals surface area contributed by atoms with Crippen molar-refractivity contribution >= 4 is 40.7 Å². The standard InChI is InChI=1S/C19H18Cl2N4O/c1-12(11-26)22-19-24-17(13-5-3-2-4-6-13)10-18(25-19)23-16-8-14(20)7-15(21)9-16/h2-10,12,26H,11H2,1H3,(H2,22,23,24,25)/t12-/m0/s1. The summed E-state index contributed by atoms with van der Waals surface area (Å²) < 4.78 is 0. The molecule has 0 saturated carbocycles. The Morgan fingerprint density at radius 1 is 1.00 bits per heavy atom. The first kappa shape index (κ1) is 18.5. The van der Waals surface area contributed by atoms with E-state index >= 15 is 0 Å². The summed E-state index contributed by atoms with van der Waals surface area (Å²) in [5.74, 6) is 1.01. The highest BCUT2D eigenvalue weighted by atomic mass is 35.5. The van der Waals surface area contributed by atoms with Crippen molar-refractivity contribution in [1.29, 1.82) is 0 Å². The lowest BCUT2D eigenvalue weighted by Crippen LogP contribution is -2.21.